The van der Waals surface area contributed by atoms with Crippen LogP contribution in [0, 0.1) is 24.3 Å². The van der Waals surface area contributed by atoms with Gasteiger partial charge in [-0.2, -0.15) is 0 Å². The van der Waals surface area contributed by atoms with Crippen LogP contribution in [0.25, 0.3) is 0 Å². The minimum absolute atomic E-state index is 0.253. The first-order valence-corrected chi connectivity index (χ1v) is 6.96. The van der Waals surface area contributed by atoms with Gasteiger partial charge in [0.1, 0.15) is 0 Å². The summed E-state index contributed by atoms with van der Waals surface area (Å²) >= 11 is 0.253. The van der Waals surface area contributed by atoms with Gasteiger partial charge in [-0.1, -0.05) is 0 Å². The van der Waals surface area contributed by atoms with Gasteiger partial charge in [0.25, 0.3) is 0 Å². The van der Waals surface area contributed by atoms with E-state index in [1.54, 1.807) is 3.57 Å². The Morgan fingerprint density at radius 3 is 1.82 bits per heavy atom. The van der Waals surface area contributed by atoms with E-state index in [2.05, 4.69) is 37.8 Å². The van der Waals surface area contributed by atoms with E-state index in [0.717, 1.165) is 0 Å². The fourth-order valence-electron chi connectivity index (χ4n) is 1.46. The van der Waals surface area contributed by atoms with Gasteiger partial charge >= 0.3 is 79.3 Å². The molecule has 0 nitrogen and oxygen atoms in total. The van der Waals surface area contributed by atoms with Gasteiger partial charge in [0.2, 0.25) is 0 Å². The molecule has 0 atom stereocenters. The number of hydrogen-bond donors (Lipinski definition) is 0. The van der Waals surface area contributed by atoms with Crippen LogP contribution < -0.4 is 21.2 Å². The van der Waals surface area contributed by atoms with Gasteiger partial charge in [-0.25, -0.2) is 0 Å². The van der Waals surface area contributed by atoms with Crippen molar-refractivity contribution in [2.75, 3.05) is 4.93 Å². The maximum absolute atomic E-state index is 2.32. The van der Waals surface area contributed by atoms with Crippen molar-refractivity contribution in [3.05, 3.63) is 32.4 Å². The molecule has 0 aliphatic carbocycles. The summed E-state index contributed by atoms with van der Waals surface area (Å²) in [6.07, 6.45) is 0. The van der Waals surface area contributed by atoms with Crippen LogP contribution in [0.2, 0.25) is 0 Å². The van der Waals surface area contributed by atoms with Crippen LogP contribution in [0.1, 0.15) is 16.7 Å². The van der Waals surface area contributed by atoms with Crippen molar-refractivity contribution in [2.45, 2.75) is 20.8 Å². The zero-order chi connectivity index (χ0) is 8.43. The Kier molecular flexibility index (Phi) is 2.93. The summed E-state index contributed by atoms with van der Waals surface area (Å²) in [7, 11) is 0. The molecule has 0 saturated carbocycles. The van der Waals surface area contributed by atoms with E-state index in [4.69, 9.17) is 0 Å². The zero-order valence-electron chi connectivity index (χ0n) is 7.53. The third-order valence-corrected chi connectivity index (χ3v) is 4.55. The van der Waals surface area contributed by atoms with Crippen LogP contribution in [-0.2, 0) is 0 Å². The molecule has 1 rings (SSSR count). The molecule has 0 aliphatic heterocycles. The first-order valence-electron chi connectivity index (χ1n) is 3.72. The number of alkyl halides is 1. The number of rotatable bonds is 1. The SMILES string of the molecule is C[I-]c1c(C)cc(C)cc1C. The van der Waals surface area contributed by atoms with Crippen molar-refractivity contribution < 1.29 is 21.2 Å². The Morgan fingerprint density at radius 1 is 1.00 bits per heavy atom. The average Bonchev–Trinajstić information content (AvgIpc) is 1.85. The molecular weight excluding hydrogens is 247 g/mol. The van der Waals surface area contributed by atoms with Crippen LogP contribution in [-0.4, -0.2) is 4.93 Å². The zero-order valence-corrected chi connectivity index (χ0v) is 9.69. The van der Waals surface area contributed by atoms with Gasteiger partial charge in [0.15, 0.2) is 0 Å². The second kappa shape index (κ2) is 3.57. The van der Waals surface area contributed by atoms with Gasteiger partial charge in [-0.15, -0.1) is 0 Å². The van der Waals surface area contributed by atoms with E-state index in [1.807, 2.05) is 0 Å². The molecule has 1 aromatic rings. The first kappa shape index (κ1) is 9.04. The minimum atomic E-state index is 0.253. The normalized spacial score (nSPS) is 10.5. The molecule has 11 heavy (non-hydrogen) atoms. The Labute approximate surface area is 79.3 Å². The first-order chi connectivity index (χ1) is 5.15. The summed E-state index contributed by atoms with van der Waals surface area (Å²) in [4.78, 5) is 2.32. The van der Waals surface area contributed by atoms with E-state index in [-0.39, 0.29) is 21.2 Å². The predicted octanol–water partition coefficient (Wildman–Crippen LogP) is -0.500. The molecule has 0 aliphatic rings. The van der Waals surface area contributed by atoms with Crippen LogP contribution in [0.5, 0.6) is 0 Å². The summed E-state index contributed by atoms with van der Waals surface area (Å²) in [6.45, 7) is 6.61. The number of halogens is 1. The molecule has 1 heteroatoms. The molecule has 0 saturated heterocycles. The van der Waals surface area contributed by atoms with Crippen LogP contribution >= 0.6 is 0 Å². The van der Waals surface area contributed by atoms with Gasteiger partial charge in [0.05, 0.1) is 0 Å². The van der Waals surface area contributed by atoms with E-state index in [0.29, 0.717) is 0 Å². The molecule has 0 fully saturated rings. The fourth-order valence-corrected chi connectivity index (χ4v) is 3.47. The monoisotopic (exact) mass is 261 g/mol. The summed E-state index contributed by atoms with van der Waals surface area (Å²) in [5, 5.41) is 0. The van der Waals surface area contributed by atoms with E-state index in [9.17, 15) is 0 Å². The molecule has 0 spiro atoms. The number of benzene rings is 1. The summed E-state index contributed by atoms with van der Waals surface area (Å²) in [5.41, 5.74) is 4.36. The van der Waals surface area contributed by atoms with Crippen molar-refractivity contribution in [3.8, 4) is 0 Å². The third kappa shape index (κ3) is 1.95. The Bertz CT molecular complexity index is 241. The number of aryl methyl sites for hydroxylation is 3. The number of hydrogen-bond acceptors (Lipinski definition) is 0. The molecule has 0 N–H and O–H groups in total. The molecule has 62 valence electrons. The molecular formula is C10H14I-. The maximum atomic E-state index is 2.32. The van der Waals surface area contributed by atoms with Crippen molar-refractivity contribution in [1.29, 1.82) is 0 Å². The summed E-state index contributed by atoms with van der Waals surface area (Å²) in [5.74, 6) is 0. The third-order valence-electron chi connectivity index (χ3n) is 1.77. The molecule has 1 aromatic carbocycles. The topological polar surface area (TPSA) is 0 Å². The summed E-state index contributed by atoms with van der Waals surface area (Å²) < 4.78 is 1.62. The predicted molar refractivity (Wildman–Crippen MR) is 45.3 cm³/mol. The fraction of sp³-hybridized carbons (Fsp3) is 0.400. The Morgan fingerprint density at radius 2 is 1.45 bits per heavy atom. The van der Waals surface area contributed by atoms with Gasteiger partial charge in [-0.3, -0.25) is 0 Å². The molecule has 0 unspecified atom stereocenters. The molecule has 0 radical (unpaired) electrons. The van der Waals surface area contributed by atoms with E-state index >= 15 is 0 Å². The van der Waals surface area contributed by atoms with Gasteiger partial charge < -0.3 is 0 Å². The quantitative estimate of drug-likeness (QED) is 0.472. The van der Waals surface area contributed by atoms with E-state index < -0.39 is 0 Å². The van der Waals surface area contributed by atoms with Crippen molar-refractivity contribution in [2.24, 2.45) is 0 Å². The molecule has 0 bridgehead atoms. The van der Waals surface area contributed by atoms with Crippen molar-refractivity contribution >= 4 is 0 Å². The van der Waals surface area contributed by atoms with Crippen molar-refractivity contribution in [1.82, 2.24) is 0 Å². The van der Waals surface area contributed by atoms with Crippen molar-refractivity contribution in [3.63, 3.8) is 0 Å². The summed E-state index contributed by atoms with van der Waals surface area (Å²) in [6, 6.07) is 4.57. The Hall–Kier alpha value is -0.0500. The molecule has 0 aromatic heterocycles. The molecule has 0 heterocycles. The average molecular weight is 261 g/mol. The van der Waals surface area contributed by atoms with Crippen LogP contribution in [0.3, 0.4) is 0 Å². The standard InChI is InChI=1S/C10H14I/c1-7-5-8(2)10(11-4)9(3)6-7/h5-6H,1-4H3/q-1. The second-order valence-corrected chi connectivity index (χ2v) is 5.06. The van der Waals surface area contributed by atoms with Gasteiger partial charge in [-0.05, 0) is 0 Å². The van der Waals surface area contributed by atoms with Crippen LogP contribution in [0.15, 0.2) is 12.1 Å². The Balaban J connectivity index is 3.25. The van der Waals surface area contributed by atoms with Gasteiger partial charge in [0, 0.05) is 0 Å². The van der Waals surface area contributed by atoms with E-state index in [1.165, 1.54) is 16.7 Å². The van der Waals surface area contributed by atoms with Crippen LogP contribution in [0.4, 0.5) is 0 Å². The molecule has 0 amide bonds. The second-order valence-electron chi connectivity index (χ2n) is 2.90.